The number of imide groups is 1. The second-order valence-corrected chi connectivity index (χ2v) is 7.40. The molecule has 4 rings (SSSR count). The van der Waals surface area contributed by atoms with Crippen LogP contribution in [0.4, 0.5) is 10.5 Å². The van der Waals surface area contributed by atoms with Crippen LogP contribution in [0, 0.1) is 0 Å². The lowest BCUT2D eigenvalue weighted by molar-refractivity contribution is -0.134. The minimum atomic E-state index is -1.40. The first-order chi connectivity index (χ1) is 14.3. The third kappa shape index (κ3) is 3.35. The molecule has 0 radical (unpaired) electrons. The Labute approximate surface area is 176 Å². The molecule has 154 valence electrons. The molecule has 1 fully saturated rings. The Bertz CT molecular complexity index is 1140. The number of benzene rings is 2. The van der Waals surface area contributed by atoms with E-state index in [1.807, 2.05) is 18.2 Å². The van der Waals surface area contributed by atoms with Crippen molar-refractivity contribution in [2.45, 2.75) is 12.5 Å². The summed E-state index contributed by atoms with van der Waals surface area (Å²) in [4.78, 5) is 38.7. The van der Waals surface area contributed by atoms with Gasteiger partial charge in [0, 0.05) is 11.1 Å². The van der Waals surface area contributed by atoms with Crippen molar-refractivity contribution in [1.82, 2.24) is 10.2 Å². The van der Waals surface area contributed by atoms with Crippen LogP contribution >= 0.6 is 11.6 Å². The number of carbonyl (C=O) groups excluding carboxylic acids is 3. The Morgan fingerprint density at radius 3 is 2.70 bits per heavy atom. The minimum Gasteiger partial charge on any atom is -0.495 e. The van der Waals surface area contributed by atoms with Crippen molar-refractivity contribution in [3.05, 3.63) is 59.3 Å². The number of rotatable bonds is 5. The van der Waals surface area contributed by atoms with Crippen molar-refractivity contribution in [3.8, 4) is 5.75 Å². The van der Waals surface area contributed by atoms with E-state index in [1.54, 1.807) is 31.2 Å². The van der Waals surface area contributed by atoms with Crippen molar-refractivity contribution in [2.24, 2.45) is 0 Å². The summed E-state index contributed by atoms with van der Waals surface area (Å²) in [6.45, 7) is 1.09. The van der Waals surface area contributed by atoms with E-state index in [2.05, 4.69) is 10.6 Å². The highest BCUT2D eigenvalue weighted by Gasteiger charge is 2.51. The molecule has 1 saturated heterocycles. The second kappa shape index (κ2) is 7.38. The van der Waals surface area contributed by atoms with Gasteiger partial charge in [0.15, 0.2) is 5.54 Å². The molecule has 0 spiro atoms. The summed E-state index contributed by atoms with van der Waals surface area (Å²) in [6.07, 6.45) is 0. The van der Waals surface area contributed by atoms with Crippen LogP contribution in [-0.4, -0.2) is 36.4 Å². The first kappa shape index (κ1) is 19.8. The van der Waals surface area contributed by atoms with Crippen LogP contribution < -0.4 is 15.4 Å². The van der Waals surface area contributed by atoms with Crippen LogP contribution in [0.25, 0.3) is 11.0 Å². The number of para-hydroxylation sites is 1. The standard InChI is InChI=1S/C21H18ClN3O5/c1-21(17-9-12-5-3-4-6-15(12)30-17)19(27)25(20(28)24-21)11-18(26)23-13-7-8-16(29-2)14(22)10-13/h3-10H,11H2,1-2H3,(H,23,26)(H,24,28). The minimum absolute atomic E-state index is 0.298. The molecular weight excluding hydrogens is 410 g/mol. The average molecular weight is 428 g/mol. The first-order valence-corrected chi connectivity index (χ1v) is 9.46. The number of ether oxygens (including phenoxy) is 1. The van der Waals surface area contributed by atoms with E-state index < -0.39 is 29.9 Å². The predicted molar refractivity (Wildman–Crippen MR) is 110 cm³/mol. The number of nitrogens with zero attached hydrogens (tertiary/aromatic N) is 1. The predicted octanol–water partition coefficient (Wildman–Crippen LogP) is 3.50. The number of carbonyl (C=O) groups is 3. The summed E-state index contributed by atoms with van der Waals surface area (Å²) in [7, 11) is 1.48. The van der Waals surface area contributed by atoms with Gasteiger partial charge in [-0.2, -0.15) is 0 Å². The first-order valence-electron chi connectivity index (χ1n) is 9.08. The third-order valence-corrected chi connectivity index (χ3v) is 5.23. The molecule has 0 aliphatic carbocycles. The smallest absolute Gasteiger partial charge is 0.325 e. The van der Waals surface area contributed by atoms with Crippen molar-refractivity contribution in [2.75, 3.05) is 19.0 Å². The summed E-state index contributed by atoms with van der Waals surface area (Å²) in [5, 5.41) is 6.37. The number of hydrogen-bond donors (Lipinski definition) is 2. The highest BCUT2D eigenvalue weighted by atomic mass is 35.5. The van der Waals surface area contributed by atoms with Crippen molar-refractivity contribution >= 4 is 46.1 Å². The molecule has 1 atom stereocenters. The van der Waals surface area contributed by atoms with Crippen LogP contribution in [0.3, 0.4) is 0 Å². The molecule has 1 aromatic heterocycles. The van der Waals surface area contributed by atoms with E-state index >= 15 is 0 Å². The zero-order valence-electron chi connectivity index (χ0n) is 16.2. The summed E-state index contributed by atoms with van der Waals surface area (Å²) in [6, 6.07) is 13.0. The van der Waals surface area contributed by atoms with Gasteiger partial charge in [0.1, 0.15) is 23.6 Å². The molecular formula is C21H18ClN3O5. The summed E-state index contributed by atoms with van der Waals surface area (Å²) in [5.41, 5.74) is -0.388. The van der Waals surface area contributed by atoms with Crippen molar-refractivity contribution in [1.29, 1.82) is 0 Å². The van der Waals surface area contributed by atoms with E-state index in [4.69, 9.17) is 20.8 Å². The van der Waals surface area contributed by atoms with Gasteiger partial charge in [0.2, 0.25) is 5.91 Å². The van der Waals surface area contributed by atoms with Crippen LogP contribution in [0.2, 0.25) is 5.02 Å². The number of hydrogen-bond acceptors (Lipinski definition) is 5. The molecule has 1 aliphatic rings. The average Bonchev–Trinajstić information content (AvgIpc) is 3.24. The topological polar surface area (TPSA) is 101 Å². The molecule has 3 aromatic rings. The highest BCUT2D eigenvalue weighted by Crippen LogP contribution is 2.33. The molecule has 8 nitrogen and oxygen atoms in total. The maximum absolute atomic E-state index is 13.0. The van der Waals surface area contributed by atoms with Gasteiger partial charge in [-0.3, -0.25) is 14.5 Å². The summed E-state index contributed by atoms with van der Waals surface area (Å²) < 4.78 is 10.8. The number of amides is 4. The number of nitrogens with one attached hydrogen (secondary N) is 2. The van der Waals surface area contributed by atoms with Gasteiger partial charge in [-0.05, 0) is 37.3 Å². The fourth-order valence-electron chi connectivity index (χ4n) is 3.32. The lowest BCUT2D eigenvalue weighted by Crippen LogP contribution is -2.41. The lowest BCUT2D eigenvalue weighted by atomic mass is 9.99. The normalized spacial score (nSPS) is 18.6. The van der Waals surface area contributed by atoms with E-state index in [9.17, 15) is 14.4 Å². The van der Waals surface area contributed by atoms with Gasteiger partial charge in [0.25, 0.3) is 5.91 Å². The zero-order chi connectivity index (χ0) is 21.5. The molecule has 1 unspecified atom stereocenters. The number of halogens is 1. The van der Waals surface area contributed by atoms with Gasteiger partial charge in [-0.25, -0.2) is 4.79 Å². The van der Waals surface area contributed by atoms with Crippen molar-refractivity contribution in [3.63, 3.8) is 0 Å². The Morgan fingerprint density at radius 2 is 2.00 bits per heavy atom. The van der Waals surface area contributed by atoms with Gasteiger partial charge >= 0.3 is 6.03 Å². The van der Waals surface area contributed by atoms with Crippen LogP contribution in [0.15, 0.2) is 52.9 Å². The number of furan rings is 1. The lowest BCUT2D eigenvalue weighted by Gasteiger charge is -2.19. The largest absolute Gasteiger partial charge is 0.495 e. The second-order valence-electron chi connectivity index (χ2n) is 6.99. The number of anilines is 1. The molecule has 30 heavy (non-hydrogen) atoms. The third-order valence-electron chi connectivity index (χ3n) is 4.93. The van der Waals surface area contributed by atoms with E-state index in [-0.39, 0.29) is 0 Å². The Balaban J connectivity index is 1.51. The van der Waals surface area contributed by atoms with Crippen LogP contribution in [0.5, 0.6) is 5.75 Å². The fourth-order valence-corrected chi connectivity index (χ4v) is 3.58. The van der Waals surface area contributed by atoms with Gasteiger partial charge in [-0.15, -0.1) is 0 Å². The maximum atomic E-state index is 13.0. The zero-order valence-corrected chi connectivity index (χ0v) is 16.9. The molecule has 9 heteroatoms. The summed E-state index contributed by atoms with van der Waals surface area (Å²) in [5.74, 6) is -0.361. The van der Waals surface area contributed by atoms with Gasteiger partial charge in [0.05, 0.1) is 12.1 Å². The number of urea groups is 1. The fraction of sp³-hybridized carbons (Fsp3) is 0.190. The van der Waals surface area contributed by atoms with Gasteiger partial charge in [-0.1, -0.05) is 29.8 Å². The molecule has 2 aromatic carbocycles. The van der Waals surface area contributed by atoms with Crippen LogP contribution in [0.1, 0.15) is 12.7 Å². The quantitative estimate of drug-likeness (QED) is 0.607. The van der Waals surface area contributed by atoms with Gasteiger partial charge < -0.3 is 19.8 Å². The van der Waals surface area contributed by atoms with E-state index in [0.29, 0.717) is 27.8 Å². The highest BCUT2D eigenvalue weighted by molar-refractivity contribution is 6.32. The Hall–Kier alpha value is -3.52. The molecule has 2 N–H and O–H groups in total. The molecule has 0 bridgehead atoms. The summed E-state index contributed by atoms with van der Waals surface area (Å²) >= 11 is 6.05. The molecule has 4 amide bonds. The Morgan fingerprint density at radius 1 is 1.23 bits per heavy atom. The van der Waals surface area contributed by atoms with E-state index in [0.717, 1.165) is 10.3 Å². The molecule has 0 saturated carbocycles. The van der Waals surface area contributed by atoms with E-state index in [1.165, 1.54) is 13.2 Å². The Kier molecular flexibility index (Phi) is 4.87. The molecule has 1 aliphatic heterocycles. The molecule has 2 heterocycles. The van der Waals surface area contributed by atoms with Crippen molar-refractivity contribution < 1.29 is 23.5 Å². The van der Waals surface area contributed by atoms with Crippen LogP contribution in [-0.2, 0) is 15.1 Å². The monoisotopic (exact) mass is 427 g/mol. The number of fused-ring (bicyclic) bond motifs is 1. The maximum Gasteiger partial charge on any atom is 0.325 e. The SMILES string of the molecule is COc1ccc(NC(=O)CN2C(=O)NC(C)(c3cc4ccccc4o3)C2=O)cc1Cl. The number of methoxy groups -OCH3 is 1.